The van der Waals surface area contributed by atoms with Gasteiger partial charge in [0.15, 0.2) is 6.04 Å². The topological polar surface area (TPSA) is 128 Å². The second-order valence-electron chi connectivity index (χ2n) is 10.3. The first kappa shape index (κ1) is 26.8. The number of carbonyl (C=O) groups excluding carboxylic acids is 4. The van der Waals surface area contributed by atoms with Gasteiger partial charge in [0.1, 0.15) is 22.8 Å². The lowest BCUT2D eigenvalue weighted by atomic mass is 9.88. The molecule has 1 aliphatic carbocycles. The summed E-state index contributed by atoms with van der Waals surface area (Å²) in [4.78, 5) is 62.5. The number of rotatable bonds is 5. The number of hydrogen-bond donors (Lipinski definition) is 2. The van der Waals surface area contributed by atoms with E-state index in [1.807, 2.05) is 0 Å². The quantitative estimate of drug-likeness (QED) is 0.323. The summed E-state index contributed by atoms with van der Waals surface area (Å²) in [5, 5.41) is 5.32. The molecule has 5 rings (SSSR count). The number of carbonyl (C=O) groups is 4. The van der Waals surface area contributed by atoms with Crippen molar-refractivity contribution in [2.75, 3.05) is 0 Å². The zero-order valence-corrected chi connectivity index (χ0v) is 20.8. The highest BCUT2D eigenvalue weighted by molar-refractivity contribution is 6.05. The number of amides is 4. The van der Waals surface area contributed by atoms with Gasteiger partial charge in [0.25, 0.3) is 5.91 Å². The zero-order valence-electron chi connectivity index (χ0n) is 20.8. The Morgan fingerprint density at radius 3 is 2.59 bits per heavy atom. The summed E-state index contributed by atoms with van der Waals surface area (Å²) in [6.45, 7) is 1.10. The van der Waals surface area contributed by atoms with Gasteiger partial charge in [-0.15, -0.1) is 5.01 Å². The summed E-state index contributed by atoms with van der Waals surface area (Å²) in [6.07, 6.45) is -6.24. The normalized spacial score (nSPS) is 28.8. The van der Waals surface area contributed by atoms with Crippen molar-refractivity contribution >= 4 is 23.8 Å². The molecule has 1 saturated carbocycles. The molecule has 3 unspecified atom stereocenters. The Hall–Kier alpha value is -3.78. The average Bonchev–Trinajstić information content (AvgIpc) is 3.32. The summed E-state index contributed by atoms with van der Waals surface area (Å²) in [5.41, 5.74) is 0.155. The predicted molar refractivity (Wildman–Crippen MR) is 122 cm³/mol. The Labute approximate surface area is 219 Å². The van der Waals surface area contributed by atoms with Gasteiger partial charge in [0, 0.05) is 44.8 Å². The Morgan fingerprint density at radius 1 is 1.21 bits per heavy atom. The highest BCUT2D eigenvalue weighted by Gasteiger charge is 2.61. The summed E-state index contributed by atoms with van der Waals surface area (Å²) in [5.74, 6) is -2.60. The molecule has 11 nitrogen and oxygen atoms in total. The minimum atomic E-state index is -4.56. The molecule has 0 aromatic heterocycles. The molecule has 0 bridgehead atoms. The van der Waals surface area contributed by atoms with E-state index < -0.39 is 66.1 Å². The average molecular weight is 556 g/mol. The highest BCUT2D eigenvalue weighted by atomic mass is 19.4. The number of hydrogen-bond acceptors (Lipinski definition) is 6. The number of alkyl halides is 3. The molecule has 3 atom stereocenters. The van der Waals surface area contributed by atoms with Gasteiger partial charge < -0.3 is 15.0 Å². The third kappa shape index (κ3) is 4.89. The maximum atomic E-state index is 15.2. The minimum Gasteiger partial charge on any atom is -0.446 e. The summed E-state index contributed by atoms with van der Waals surface area (Å²) < 4.78 is 60.5. The van der Waals surface area contributed by atoms with Gasteiger partial charge in [-0.2, -0.15) is 13.2 Å². The first-order chi connectivity index (χ1) is 18.3. The predicted octanol–water partition coefficient (Wildman–Crippen LogP) is 2.06. The van der Waals surface area contributed by atoms with Crippen LogP contribution in [0.4, 0.5) is 22.4 Å². The van der Waals surface area contributed by atoms with Gasteiger partial charge in [0.05, 0.1) is 22.9 Å². The van der Waals surface area contributed by atoms with Gasteiger partial charge in [0.2, 0.25) is 17.9 Å². The van der Waals surface area contributed by atoms with Gasteiger partial charge >= 0.3 is 12.3 Å². The van der Waals surface area contributed by atoms with Crippen LogP contribution >= 0.6 is 0 Å². The Kier molecular flexibility index (Phi) is 6.71. The standard InChI is InChI=1S/C24H25F4N5O6/c1-11-6-17(24(26,27)28)32(33(11)38)14-7-15(8-14)39-23(37)29-9-12-2-3-13-10-31(22(36)19(13)20(12)25)16-4-5-18(34)30-21(16)35/h2-3,11,14-17H,4-10H2,1H3,(H-,29,30,34,35,37)/p+1. The molecule has 2 N–H and O–H groups in total. The van der Waals surface area contributed by atoms with Crippen molar-refractivity contribution in [2.45, 2.75) is 88.6 Å². The molecule has 0 spiro atoms. The van der Waals surface area contributed by atoms with E-state index >= 15 is 4.39 Å². The van der Waals surface area contributed by atoms with Gasteiger partial charge in [-0.25, -0.2) is 9.18 Å². The second kappa shape index (κ2) is 9.75. The molecular weight excluding hydrogens is 530 g/mol. The van der Waals surface area contributed by atoms with Crippen molar-refractivity contribution in [1.29, 1.82) is 0 Å². The monoisotopic (exact) mass is 556 g/mol. The van der Waals surface area contributed by atoms with Crippen LogP contribution in [0.15, 0.2) is 12.1 Å². The van der Waals surface area contributed by atoms with E-state index in [2.05, 4.69) is 10.6 Å². The highest BCUT2D eigenvalue weighted by Crippen LogP contribution is 2.40. The minimum absolute atomic E-state index is 0.00173. The van der Waals surface area contributed by atoms with Crippen molar-refractivity contribution in [1.82, 2.24) is 20.5 Å². The van der Waals surface area contributed by atoms with E-state index in [1.165, 1.54) is 24.0 Å². The Morgan fingerprint density at radius 2 is 1.92 bits per heavy atom. The number of alkyl carbamates (subject to hydrolysis) is 1. The maximum absolute atomic E-state index is 15.2. The SMILES string of the molecule is CC1CC(C(F)(F)F)N(C2CC(OC(=O)NCc3ccc4c(c3F)C(=O)N(C3CCC(=O)NC3=O)C4)C2)[N+]1=O. The van der Waals surface area contributed by atoms with Crippen LogP contribution in [0.25, 0.3) is 0 Å². The molecule has 4 amide bonds. The molecular formula is C24H26F4N5O6+. The molecule has 4 aliphatic rings. The fourth-order valence-corrected chi connectivity index (χ4v) is 5.58. The van der Waals surface area contributed by atoms with Crippen molar-refractivity contribution in [2.24, 2.45) is 0 Å². The molecule has 1 aromatic rings. The Bertz CT molecular complexity index is 1250. The van der Waals surface area contributed by atoms with Crippen LogP contribution in [-0.2, 0) is 27.4 Å². The third-order valence-corrected chi connectivity index (χ3v) is 7.72. The molecule has 3 heterocycles. The number of halogens is 4. The lowest BCUT2D eigenvalue weighted by molar-refractivity contribution is -0.727. The van der Waals surface area contributed by atoms with Crippen LogP contribution < -0.4 is 10.6 Å². The van der Waals surface area contributed by atoms with E-state index in [-0.39, 0.29) is 56.3 Å². The van der Waals surface area contributed by atoms with Gasteiger partial charge in [-0.1, -0.05) is 12.1 Å². The first-order valence-electron chi connectivity index (χ1n) is 12.6. The fourth-order valence-electron chi connectivity index (χ4n) is 5.58. The molecule has 39 heavy (non-hydrogen) atoms. The number of ether oxygens (including phenoxy) is 1. The molecule has 3 aliphatic heterocycles. The Balaban J connectivity index is 1.14. The van der Waals surface area contributed by atoms with E-state index in [0.29, 0.717) is 10.4 Å². The molecule has 2 saturated heterocycles. The molecule has 1 aromatic carbocycles. The van der Waals surface area contributed by atoms with E-state index in [9.17, 15) is 37.3 Å². The van der Waals surface area contributed by atoms with Crippen LogP contribution in [0.1, 0.15) is 60.5 Å². The fraction of sp³-hybridized carbons (Fsp3) is 0.583. The summed E-state index contributed by atoms with van der Waals surface area (Å²) in [7, 11) is 0. The van der Waals surface area contributed by atoms with Crippen molar-refractivity contribution < 1.29 is 46.3 Å². The van der Waals surface area contributed by atoms with Crippen molar-refractivity contribution in [3.63, 3.8) is 0 Å². The van der Waals surface area contributed by atoms with Crippen LogP contribution in [-0.4, -0.2) is 75.0 Å². The van der Waals surface area contributed by atoms with Gasteiger partial charge in [-0.05, 0) is 12.0 Å². The number of nitrogens with zero attached hydrogens (tertiary/aromatic N) is 3. The van der Waals surface area contributed by atoms with Crippen molar-refractivity contribution in [3.05, 3.63) is 39.5 Å². The molecule has 210 valence electrons. The first-order valence-corrected chi connectivity index (χ1v) is 12.6. The van der Waals surface area contributed by atoms with Crippen LogP contribution in [0.2, 0.25) is 0 Å². The van der Waals surface area contributed by atoms with E-state index in [0.717, 1.165) is 5.01 Å². The number of piperidine rings is 1. The van der Waals surface area contributed by atoms with Crippen molar-refractivity contribution in [3.8, 4) is 0 Å². The maximum Gasteiger partial charge on any atom is 0.414 e. The largest absolute Gasteiger partial charge is 0.446 e. The number of benzene rings is 1. The third-order valence-electron chi connectivity index (χ3n) is 7.72. The molecule has 15 heteroatoms. The van der Waals surface area contributed by atoms with Crippen LogP contribution in [0.5, 0.6) is 0 Å². The number of hydrazine groups is 1. The number of nitroso groups, excluding NO2 is 1. The second-order valence-corrected chi connectivity index (χ2v) is 10.3. The van der Waals surface area contributed by atoms with Gasteiger partial charge in [-0.3, -0.25) is 19.7 Å². The lowest BCUT2D eigenvalue weighted by Crippen LogP contribution is -2.56. The molecule has 0 radical (unpaired) electrons. The van der Waals surface area contributed by atoms with Crippen LogP contribution in [0, 0.1) is 10.7 Å². The number of fused-ring (bicyclic) bond motifs is 1. The summed E-state index contributed by atoms with van der Waals surface area (Å²) >= 11 is 0. The zero-order chi connectivity index (χ0) is 28.2. The van der Waals surface area contributed by atoms with E-state index in [1.54, 1.807) is 0 Å². The lowest BCUT2D eigenvalue weighted by Gasteiger charge is -2.38. The van der Waals surface area contributed by atoms with E-state index in [4.69, 9.17) is 4.74 Å². The molecule has 3 fully saturated rings. The van der Waals surface area contributed by atoms with Crippen LogP contribution in [0.3, 0.4) is 0 Å². The smallest absolute Gasteiger partial charge is 0.414 e. The number of imide groups is 1. The summed E-state index contributed by atoms with van der Waals surface area (Å²) in [6, 6.07) is -1.41. The number of nitrogens with one attached hydrogen (secondary N) is 2.